The number of hydrogen-bond donors (Lipinski definition) is 0. The summed E-state index contributed by atoms with van der Waals surface area (Å²) >= 11 is 0. The summed E-state index contributed by atoms with van der Waals surface area (Å²) < 4.78 is 0. The molecular weight excluding hydrogens is 228 g/mol. The molecular formula is C13H18N4O. The lowest BCUT2D eigenvalue weighted by Crippen LogP contribution is -2.36. The Morgan fingerprint density at radius 1 is 1.11 bits per heavy atom. The van der Waals surface area contributed by atoms with Gasteiger partial charge in [0, 0.05) is 44.5 Å². The molecule has 0 bridgehead atoms. The van der Waals surface area contributed by atoms with Crippen LogP contribution in [-0.2, 0) is 4.79 Å². The van der Waals surface area contributed by atoms with Gasteiger partial charge in [-0.3, -0.25) is 4.79 Å². The largest absolute Gasteiger partial charge is 0.341 e. The van der Waals surface area contributed by atoms with Crippen LogP contribution >= 0.6 is 0 Å². The minimum Gasteiger partial charge on any atom is -0.341 e. The van der Waals surface area contributed by atoms with Gasteiger partial charge in [0.25, 0.3) is 0 Å². The lowest BCUT2D eigenvalue weighted by atomic mass is 10.3. The number of amides is 1. The first-order valence-corrected chi connectivity index (χ1v) is 6.65. The van der Waals surface area contributed by atoms with Gasteiger partial charge in [0.05, 0.1) is 0 Å². The van der Waals surface area contributed by atoms with Crippen LogP contribution < -0.4 is 4.90 Å². The molecule has 1 aromatic rings. The minimum absolute atomic E-state index is 0.324. The number of nitrogens with zero attached hydrogens (tertiary/aromatic N) is 4. The number of carbonyl (C=O) groups excluding carboxylic acids is 1. The fourth-order valence-electron chi connectivity index (χ4n) is 2.38. The Hall–Kier alpha value is -1.65. The molecule has 1 aromatic heterocycles. The van der Waals surface area contributed by atoms with Crippen molar-refractivity contribution in [1.29, 1.82) is 0 Å². The van der Waals surface area contributed by atoms with Crippen molar-refractivity contribution in [3.63, 3.8) is 0 Å². The Labute approximate surface area is 107 Å². The monoisotopic (exact) mass is 246 g/mol. The van der Waals surface area contributed by atoms with E-state index in [9.17, 15) is 4.79 Å². The Balaban J connectivity index is 1.63. The molecule has 1 aliphatic heterocycles. The molecule has 3 rings (SSSR count). The van der Waals surface area contributed by atoms with E-state index in [1.165, 1.54) is 0 Å². The van der Waals surface area contributed by atoms with Crippen LogP contribution in [0.4, 0.5) is 5.95 Å². The quantitative estimate of drug-likeness (QED) is 0.779. The van der Waals surface area contributed by atoms with E-state index in [2.05, 4.69) is 14.9 Å². The van der Waals surface area contributed by atoms with Gasteiger partial charge < -0.3 is 9.80 Å². The van der Waals surface area contributed by atoms with Crippen molar-refractivity contribution >= 4 is 11.9 Å². The maximum absolute atomic E-state index is 12.0. The summed E-state index contributed by atoms with van der Waals surface area (Å²) in [6.07, 6.45) is 6.69. The van der Waals surface area contributed by atoms with Gasteiger partial charge in [-0.25, -0.2) is 9.97 Å². The normalized spacial score (nSPS) is 20.7. The molecule has 18 heavy (non-hydrogen) atoms. The van der Waals surface area contributed by atoms with E-state index in [0.717, 1.165) is 51.4 Å². The molecule has 2 heterocycles. The molecule has 1 saturated carbocycles. The van der Waals surface area contributed by atoms with Gasteiger partial charge in [-0.2, -0.15) is 0 Å². The molecule has 5 heteroatoms. The van der Waals surface area contributed by atoms with E-state index in [1.54, 1.807) is 12.4 Å². The summed E-state index contributed by atoms with van der Waals surface area (Å²) in [4.78, 5) is 24.8. The highest BCUT2D eigenvalue weighted by molar-refractivity contribution is 5.81. The zero-order chi connectivity index (χ0) is 12.4. The maximum atomic E-state index is 12.0. The summed E-state index contributed by atoms with van der Waals surface area (Å²) in [5.74, 6) is 1.45. The molecule has 0 radical (unpaired) electrons. The fraction of sp³-hybridized carbons (Fsp3) is 0.615. The van der Waals surface area contributed by atoms with E-state index in [-0.39, 0.29) is 0 Å². The molecule has 0 spiro atoms. The molecule has 1 aliphatic carbocycles. The SMILES string of the molecule is O=C(C1CC1)N1CCCN(c2ncccn2)CC1. The third-order valence-corrected chi connectivity index (χ3v) is 3.57. The van der Waals surface area contributed by atoms with Gasteiger partial charge in [0.15, 0.2) is 0 Å². The standard InChI is InChI=1S/C13H18N4O/c18-12(11-3-4-11)16-7-2-8-17(10-9-16)13-14-5-1-6-15-13/h1,5-6,11H,2-4,7-10H2. The summed E-state index contributed by atoms with van der Waals surface area (Å²) in [7, 11) is 0. The Morgan fingerprint density at radius 2 is 1.89 bits per heavy atom. The summed E-state index contributed by atoms with van der Waals surface area (Å²) in [6, 6.07) is 1.82. The maximum Gasteiger partial charge on any atom is 0.225 e. The highest BCUT2D eigenvalue weighted by Crippen LogP contribution is 2.31. The second-order valence-corrected chi connectivity index (χ2v) is 4.99. The second-order valence-electron chi connectivity index (χ2n) is 4.99. The summed E-state index contributed by atoms with van der Waals surface area (Å²) in [5.41, 5.74) is 0. The third kappa shape index (κ3) is 2.44. The van der Waals surface area contributed by atoms with Crippen LogP contribution in [0.3, 0.4) is 0 Å². The van der Waals surface area contributed by atoms with Gasteiger partial charge >= 0.3 is 0 Å². The smallest absolute Gasteiger partial charge is 0.225 e. The van der Waals surface area contributed by atoms with Crippen molar-refractivity contribution in [3.05, 3.63) is 18.5 Å². The van der Waals surface area contributed by atoms with Crippen molar-refractivity contribution in [1.82, 2.24) is 14.9 Å². The average molecular weight is 246 g/mol. The first-order chi connectivity index (χ1) is 8.84. The molecule has 5 nitrogen and oxygen atoms in total. The number of hydrogen-bond acceptors (Lipinski definition) is 4. The second kappa shape index (κ2) is 4.92. The highest BCUT2D eigenvalue weighted by Gasteiger charge is 2.34. The van der Waals surface area contributed by atoms with Crippen LogP contribution in [0.15, 0.2) is 18.5 Å². The number of carbonyl (C=O) groups is 1. The minimum atomic E-state index is 0.324. The van der Waals surface area contributed by atoms with Gasteiger partial charge in [-0.05, 0) is 25.3 Å². The lowest BCUT2D eigenvalue weighted by molar-refractivity contribution is -0.132. The molecule has 0 unspecified atom stereocenters. The zero-order valence-electron chi connectivity index (χ0n) is 10.5. The lowest BCUT2D eigenvalue weighted by Gasteiger charge is -2.21. The number of rotatable bonds is 2. The predicted molar refractivity (Wildman–Crippen MR) is 68.2 cm³/mol. The molecule has 2 aliphatic rings. The molecule has 96 valence electrons. The van der Waals surface area contributed by atoms with E-state index >= 15 is 0 Å². The molecule has 0 N–H and O–H groups in total. The van der Waals surface area contributed by atoms with Gasteiger partial charge in [-0.15, -0.1) is 0 Å². The van der Waals surface area contributed by atoms with E-state index in [0.29, 0.717) is 11.8 Å². The van der Waals surface area contributed by atoms with E-state index < -0.39 is 0 Å². The molecule has 2 fully saturated rings. The van der Waals surface area contributed by atoms with Crippen LogP contribution in [-0.4, -0.2) is 47.0 Å². The molecule has 0 aromatic carbocycles. The highest BCUT2D eigenvalue weighted by atomic mass is 16.2. The first-order valence-electron chi connectivity index (χ1n) is 6.65. The van der Waals surface area contributed by atoms with Gasteiger partial charge in [0.1, 0.15) is 0 Å². The number of aromatic nitrogens is 2. The number of anilines is 1. The van der Waals surface area contributed by atoms with E-state index in [4.69, 9.17) is 0 Å². The van der Waals surface area contributed by atoms with Crippen LogP contribution in [0.2, 0.25) is 0 Å². The molecule has 0 atom stereocenters. The van der Waals surface area contributed by atoms with Gasteiger partial charge in [0.2, 0.25) is 11.9 Å². The van der Waals surface area contributed by atoms with Crippen molar-refractivity contribution in [2.45, 2.75) is 19.3 Å². The summed E-state index contributed by atoms with van der Waals surface area (Å²) in [5, 5.41) is 0. The van der Waals surface area contributed by atoms with Crippen LogP contribution in [0.1, 0.15) is 19.3 Å². The van der Waals surface area contributed by atoms with Crippen molar-refractivity contribution in [3.8, 4) is 0 Å². The Kier molecular flexibility index (Phi) is 3.13. The molecule has 1 amide bonds. The van der Waals surface area contributed by atoms with Crippen LogP contribution in [0.25, 0.3) is 0 Å². The molecule has 1 saturated heterocycles. The van der Waals surface area contributed by atoms with Crippen molar-refractivity contribution < 1.29 is 4.79 Å². The Morgan fingerprint density at radius 3 is 2.61 bits per heavy atom. The summed E-state index contributed by atoms with van der Waals surface area (Å²) in [6.45, 7) is 3.44. The average Bonchev–Trinajstić information content (AvgIpc) is 3.25. The van der Waals surface area contributed by atoms with Crippen molar-refractivity contribution in [2.24, 2.45) is 5.92 Å². The van der Waals surface area contributed by atoms with Crippen LogP contribution in [0, 0.1) is 5.92 Å². The Bertz CT molecular complexity index is 418. The zero-order valence-corrected chi connectivity index (χ0v) is 10.5. The topological polar surface area (TPSA) is 49.3 Å². The predicted octanol–water partition coefficient (Wildman–Crippen LogP) is 0.925. The first kappa shape index (κ1) is 11.4. The third-order valence-electron chi connectivity index (χ3n) is 3.57. The van der Waals surface area contributed by atoms with Crippen molar-refractivity contribution in [2.75, 3.05) is 31.1 Å². The van der Waals surface area contributed by atoms with Crippen LogP contribution in [0.5, 0.6) is 0 Å². The fourth-order valence-corrected chi connectivity index (χ4v) is 2.38. The van der Waals surface area contributed by atoms with Gasteiger partial charge in [-0.1, -0.05) is 0 Å². The van der Waals surface area contributed by atoms with E-state index in [1.807, 2.05) is 11.0 Å².